The van der Waals surface area contributed by atoms with Crippen LogP contribution in [0.5, 0.6) is 0 Å². The van der Waals surface area contributed by atoms with Crippen molar-refractivity contribution in [1.29, 1.82) is 0 Å². The molecule has 19 heavy (non-hydrogen) atoms. The average molecular weight is 273 g/mol. The average Bonchev–Trinajstić information content (AvgIpc) is 2.43. The third-order valence-electron chi connectivity index (χ3n) is 3.39. The fourth-order valence-electron chi connectivity index (χ4n) is 2.36. The second-order valence-corrected chi connectivity index (χ2v) is 4.98. The van der Waals surface area contributed by atoms with E-state index in [1.165, 1.54) is 0 Å². The van der Waals surface area contributed by atoms with Crippen molar-refractivity contribution in [1.82, 2.24) is 0 Å². The SMILES string of the molecule is Nc1ccc(N2CCc3ccccc3C2=O)cc1Cl. The number of rotatable bonds is 1. The second-order valence-electron chi connectivity index (χ2n) is 4.57. The molecule has 0 aromatic heterocycles. The van der Waals surface area contributed by atoms with Crippen LogP contribution in [0.15, 0.2) is 42.5 Å². The van der Waals surface area contributed by atoms with Crippen LogP contribution in [0, 0.1) is 0 Å². The third-order valence-corrected chi connectivity index (χ3v) is 3.72. The van der Waals surface area contributed by atoms with Crippen molar-refractivity contribution < 1.29 is 4.79 Å². The summed E-state index contributed by atoms with van der Waals surface area (Å²) in [5, 5.41) is 0.476. The van der Waals surface area contributed by atoms with Gasteiger partial charge < -0.3 is 10.6 Å². The van der Waals surface area contributed by atoms with Crippen LogP contribution < -0.4 is 10.6 Å². The number of benzene rings is 2. The maximum Gasteiger partial charge on any atom is 0.258 e. The molecule has 0 fully saturated rings. The maximum absolute atomic E-state index is 12.5. The van der Waals surface area contributed by atoms with E-state index in [1.807, 2.05) is 30.3 Å². The van der Waals surface area contributed by atoms with E-state index in [-0.39, 0.29) is 5.91 Å². The summed E-state index contributed by atoms with van der Waals surface area (Å²) >= 11 is 6.02. The van der Waals surface area contributed by atoms with Crippen LogP contribution in [0.1, 0.15) is 15.9 Å². The van der Waals surface area contributed by atoms with Crippen molar-refractivity contribution in [3.63, 3.8) is 0 Å². The van der Waals surface area contributed by atoms with Gasteiger partial charge in [-0.1, -0.05) is 29.8 Å². The Morgan fingerprint density at radius 2 is 1.95 bits per heavy atom. The molecule has 1 heterocycles. The van der Waals surface area contributed by atoms with Gasteiger partial charge in [-0.2, -0.15) is 0 Å². The zero-order chi connectivity index (χ0) is 13.4. The Labute approximate surface area is 116 Å². The number of fused-ring (bicyclic) bond motifs is 1. The van der Waals surface area contributed by atoms with E-state index in [4.69, 9.17) is 17.3 Å². The van der Waals surface area contributed by atoms with Crippen LogP contribution in [-0.4, -0.2) is 12.5 Å². The Hall–Kier alpha value is -2.00. The molecule has 2 aromatic carbocycles. The number of halogens is 1. The fraction of sp³-hybridized carbons (Fsp3) is 0.133. The summed E-state index contributed by atoms with van der Waals surface area (Å²) in [5.41, 5.74) is 8.88. The van der Waals surface area contributed by atoms with Crippen molar-refractivity contribution in [2.45, 2.75) is 6.42 Å². The van der Waals surface area contributed by atoms with Gasteiger partial charge >= 0.3 is 0 Å². The third kappa shape index (κ3) is 2.06. The summed E-state index contributed by atoms with van der Waals surface area (Å²) in [4.78, 5) is 14.2. The van der Waals surface area contributed by atoms with Gasteiger partial charge in [0.25, 0.3) is 5.91 Å². The highest BCUT2D eigenvalue weighted by atomic mass is 35.5. The maximum atomic E-state index is 12.5. The van der Waals surface area contributed by atoms with Crippen molar-refractivity contribution in [2.24, 2.45) is 0 Å². The Balaban J connectivity index is 2.00. The van der Waals surface area contributed by atoms with Gasteiger partial charge in [0.1, 0.15) is 0 Å². The first-order valence-electron chi connectivity index (χ1n) is 6.11. The van der Waals surface area contributed by atoms with Crippen molar-refractivity contribution in [3.8, 4) is 0 Å². The summed E-state index contributed by atoms with van der Waals surface area (Å²) in [6.45, 7) is 0.663. The van der Waals surface area contributed by atoms with Gasteiger partial charge in [0, 0.05) is 17.8 Å². The quantitative estimate of drug-likeness (QED) is 0.811. The number of anilines is 2. The van der Waals surface area contributed by atoms with Crippen LogP contribution >= 0.6 is 11.6 Å². The Morgan fingerprint density at radius 3 is 2.74 bits per heavy atom. The number of nitrogen functional groups attached to an aromatic ring is 1. The molecule has 0 spiro atoms. The van der Waals surface area contributed by atoms with E-state index in [0.717, 1.165) is 23.2 Å². The molecule has 3 nitrogen and oxygen atoms in total. The highest BCUT2D eigenvalue weighted by Gasteiger charge is 2.25. The predicted molar refractivity (Wildman–Crippen MR) is 77.7 cm³/mol. The largest absolute Gasteiger partial charge is 0.398 e. The lowest BCUT2D eigenvalue weighted by atomic mass is 9.98. The molecule has 0 saturated carbocycles. The predicted octanol–water partition coefficient (Wildman–Crippen LogP) is 3.13. The lowest BCUT2D eigenvalue weighted by Crippen LogP contribution is -2.37. The molecule has 4 heteroatoms. The second kappa shape index (κ2) is 4.59. The fourth-order valence-corrected chi connectivity index (χ4v) is 2.53. The Morgan fingerprint density at radius 1 is 1.16 bits per heavy atom. The van der Waals surface area contributed by atoms with E-state index in [1.54, 1.807) is 17.0 Å². The number of carbonyl (C=O) groups is 1. The molecular weight excluding hydrogens is 260 g/mol. The Kier molecular flexibility index (Phi) is 2.91. The first-order chi connectivity index (χ1) is 9.16. The highest BCUT2D eigenvalue weighted by Crippen LogP contribution is 2.29. The summed E-state index contributed by atoms with van der Waals surface area (Å²) < 4.78 is 0. The van der Waals surface area contributed by atoms with Gasteiger partial charge in [-0.15, -0.1) is 0 Å². The van der Waals surface area contributed by atoms with Crippen LogP contribution in [-0.2, 0) is 6.42 Å². The number of amides is 1. The topological polar surface area (TPSA) is 46.3 Å². The van der Waals surface area contributed by atoms with E-state index >= 15 is 0 Å². The zero-order valence-corrected chi connectivity index (χ0v) is 11.0. The van der Waals surface area contributed by atoms with Crippen molar-refractivity contribution in [2.75, 3.05) is 17.2 Å². The van der Waals surface area contributed by atoms with Crippen molar-refractivity contribution >= 4 is 28.9 Å². The molecule has 1 amide bonds. The van der Waals surface area contributed by atoms with Crippen LogP contribution in [0.25, 0.3) is 0 Å². The normalized spacial score (nSPS) is 14.4. The lowest BCUT2D eigenvalue weighted by molar-refractivity contribution is 0.0980. The zero-order valence-electron chi connectivity index (χ0n) is 10.3. The molecule has 2 aromatic rings. The first-order valence-corrected chi connectivity index (χ1v) is 6.49. The van der Waals surface area contributed by atoms with E-state index in [9.17, 15) is 4.79 Å². The van der Waals surface area contributed by atoms with Gasteiger partial charge in [0.05, 0.1) is 10.7 Å². The van der Waals surface area contributed by atoms with Crippen LogP contribution in [0.2, 0.25) is 5.02 Å². The number of hydrogen-bond acceptors (Lipinski definition) is 2. The molecule has 0 atom stereocenters. The summed E-state index contributed by atoms with van der Waals surface area (Å²) in [5.74, 6) is 0.0164. The minimum atomic E-state index is 0.0164. The minimum Gasteiger partial charge on any atom is -0.398 e. The molecule has 0 aliphatic carbocycles. The number of hydrogen-bond donors (Lipinski definition) is 1. The molecule has 0 saturated heterocycles. The summed E-state index contributed by atoms with van der Waals surface area (Å²) in [6, 6.07) is 13.0. The lowest BCUT2D eigenvalue weighted by Gasteiger charge is -2.28. The molecular formula is C15H13ClN2O. The van der Waals surface area contributed by atoms with Gasteiger partial charge in [0.15, 0.2) is 0 Å². The highest BCUT2D eigenvalue weighted by molar-refractivity contribution is 6.33. The van der Waals surface area contributed by atoms with Crippen molar-refractivity contribution in [3.05, 3.63) is 58.6 Å². The van der Waals surface area contributed by atoms with Crippen LogP contribution in [0.3, 0.4) is 0 Å². The van der Waals surface area contributed by atoms with Crippen LogP contribution in [0.4, 0.5) is 11.4 Å². The number of nitrogens with two attached hydrogens (primary N) is 1. The number of carbonyl (C=O) groups excluding carboxylic acids is 1. The molecule has 2 N–H and O–H groups in total. The minimum absolute atomic E-state index is 0.0164. The Bertz CT molecular complexity index is 654. The standard InChI is InChI=1S/C15H13ClN2O/c16-13-9-11(5-6-14(13)17)18-8-7-10-3-1-2-4-12(10)15(18)19/h1-6,9H,7-8,17H2. The molecule has 3 rings (SSSR count). The van der Waals surface area contributed by atoms with Gasteiger partial charge in [-0.05, 0) is 36.2 Å². The summed E-state index contributed by atoms with van der Waals surface area (Å²) in [6.07, 6.45) is 0.851. The first kappa shape index (κ1) is 12.1. The van der Waals surface area contributed by atoms with E-state index in [0.29, 0.717) is 17.3 Å². The number of nitrogens with zero attached hydrogens (tertiary/aromatic N) is 1. The molecule has 0 radical (unpaired) electrons. The monoisotopic (exact) mass is 272 g/mol. The summed E-state index contributed by atoms with van der Waals surface area (Å²) in [7, 11) is 0. The molecule has 0 bridgehead atoms. The molecule has 1 aliphatic heterocycles. The smallest absolute Gasteiger partial charge is 0.258 e. The molecule has 0 unspecified atom stereocenters. The molecule has 1 aliphatic rings. The molecule has 96 valence electrons. The van der Waals surface area contributed by atoms with E-state index < -0.39 is 0 Å². The van der Waals surface area contributed by atoms with E-state index in [2.05, 4.69) is 0 Å². The van der Waals surface area contributed by atoms with Gasteiger partial charge in [-0.3, -0.25) is 4.79 Å². The van der Waals surface area contributed by atoms with Gasteiger partial charge in [-0.25, -0.2) is 0 Å². The van der Waals surface area contributed by atoms with Gasteiger partial charge in [0.2, 0.25) is 0 Å².